The normalized spacial score (nSPS) is 11.3. The van der Waals surface area contributed by atoms with Gasteiger partial charge in [0.2, 0.25) is 0 Å². The van der Waals surface area contributed by atoms with E-state index in [0.29, 0.717) is 11.3 Å². The van der Waals surface area contributed by atoms with E-state index in [1.807, 2.05) is 26.0 Å². The van der Waals surface area contributed by atoms with Crippen LogP contribution < -0.4 is 10.5 Å². The van der Waals surface area contributed by atoms with E-state index < -0.39 is 10.0 Å². The van der Waals surface area contributed by atoms with Gasteiger partial charge in [-0.1, -0.05) is 24.3 Å². The molecule has 106 valence electrons. The molecule has 5 heteroatoms. The molecule has 3 N–H and O–H groups in total. The Bertz CT molecular complexity index is 732. The average molecular weight is 290 g/mol. The van der Waals surface area contributed by atoms with E-state index in [1.165, 1.54) is 0 Å². The lowest BCUT2D eigenvalue weighted by atomic mass is 10.1. The molecular weight excluding hydrogens is 272 g/mol. The second-order valence-corrected chi connectivity index (χ2v) is 6.54. The van der Waals surface area contributed by atoms with Crippen molar-refractivity contribution in [1.82, 2.24) is 0 Å². The Kier molecular flexibility index (Phi) is 3.72. The molecule has 0 spiro atoms. The molecule has 0 fully saturated rings. The van der Waals surface area contributed by atoms with Crippen molar-refractivity contribution in [3.8, 4) is 0 Å². The Balaban J connectivity index is 2.49. The van der Waals surface area contributed by atoms with Crippen molar-refractivity contribution in [3.05, 3.63) is 53.1 Å². The molecule has 0 saturated heterocycles. The summed E-state index contributed by atoms with van der Waals surface area (Å²) in [6.45, 7) is 5.51. The van der Waals surface area contributed by atoms with E-state index in [2.05, 4.69) is 4.72 Å². The van der Waals surface area contributed by atoms with Crippen molar-refractivity contribution in [2.24, 2.45) is 0 Å². The number of benzene rings is 2. The van der Waals surface area contributed by atoms with Gasteiger partial charge in [-0.25, -0.2) is 8.42 Å². The zero-order chi connectivity index (χ0) is 14.9. The summed E-state index contributed by atoms with van der Waals surface area (Å²) >= 11 is 0. The van der Waals surface area contributed by atoms with Crippen molar-refractivity contribution in [3.63, 3.8) is 0 Å². The fourth-order valence-corrected chi connectivity index (χ4v) is 3.57. The summed E-state index contributed by atoms with van der Waals surface area (Å²) in [4.78, 5) is 0.140. The maximum atomic E-state index is 12.5. The first kappa shape index (κ1) is 14.4. The van der Waals surface area contributed by atoms with Crippen LogP contribution in [-0.4, -0.2) is 8.42 Å². The summed E-state index contributed by atoms with van der Waals surface area (Å²) in [6, 6.07) is 10.7. The fraction of sp³-hybridized carbons (Fsp3) is 0.200. The van der Waals surface area contributed by atoms with Gasteiger partial charge in [0.15, 0.2) is 0 Å². The topological polar surface area (TPSA) is 72.2 Å². The first-order valence-corrected chi connectivity index (χ1v) is 7.75. The van der Waals surface area contributed by atoms with Gasteiger partial charge >= 0.3 is 0 Å². The highest BCUT2D eigenvalue weighted by Gasteiger charge is 2.20. The Hall–Kier alpha value is -2.01. The molecule has 4 nitrogen and oxygen atoms in total. The molecule has 0 amide bonds. The number of hydrogen-bond donors (Lipinski definition) is 2. The van der Waals surface area contributed by atoms with Crippen LogP contribution in [0, 0.1) is 20.8 Å². The molecule has 0 unspecified atom stereocenters. The SMILES string of the molecule is Cc1ccc(C)c(NS(=O)(=O)c2c(C)cccc2N)c1. The zero-order valence-corrected chi connectivity index (χ0v) is 12.6. The molecule has 2 aromatic carbocycles. The molecule has 0 aromatic heterocycles. The van der Waals surface area contributed by atoms with E-state index >= 15 is 0 Å². The molecule has 0 heterocycles. The van der Waals surface area contributed by atoms with Crippen molar-refractivity contribution < 1.29 is 8.42 Å². The molecule has 0 saturated carbocycles. The number of anilines is 2. The van der Waals surface area contributed by atoms with Crippen LogP contribution in [0.2, 0.25) is 0 Å². The van der Waals surface area contributed by atoms with Gasteiger partial charge in [-0.3, -0.25) is 4.72 Å². The average Bonchev–Trinajstić information content (AvgIpc) is 2.33. The maximum Gasteiger partial charge on any atom is 0.264 e. The fourth-order valence-electron chi connectivity index (χ4n) is 2.08. The van der Waals surface area contributed by atoms with Gasteiger partial charge in [-0.15, -0.1) is 0 Å². The lowest BCUT2D eigenvalue weighted by Crippen LogP contribution is -2.16. The third kappa shape index (κ3) is 2.77. The smallest absolute Gasteiger partial charge is 0.264 e. The van der Waals surface area contributed by atoms with Gasteiger partial charge in [0.25, 0.3) is 10.0 Å². The highest BCUT2D eigenvalue weighted by Crippen LogP contribution is 2.26. The minimum Gasteiger partial charge on any atom is -0.398 e. The number of nitrogens with one attached hydrogen (secondary N) is 1. The Morgan fingerprint density at radius 1 is 1.00 bits per heavy atom. The third-order valence-electron chi connectivity index (χ3n) is 3.15. The minimum absolute atomic E-state index is 0.140. The number of sulfonamides is 1. The Labute approximate surface area is 119 Å². The first-order valence-electron chi connectivity index (χ1n) is 6.26. The van der Waals surface area contributed by atoms with Crippen LogP contribution in [0.3, 0.4) is 0 Å². The highest BCUT2D eigenvalue weighted by atomic mass is 32.2. The maximum absolute atomic E-state index is 12.5. The monoisotopic (exact) mass is 290 g/mol. The molecule has 0 aliphatic carbocycles. The number of nitrogens with two attached hydrogens (primary N) is 1. The lowest BCUT2D eigenvalue weighted by molar-refractivity contribution is 0.601. The number of aryl methyl sites for hydroxylation is 3. The van der Waals surface area contributed by atoms with Gasteiger partial charge < -0.3 is 5.73 Å². The molecule has 20 heavy (non-hydrogen) atoms. The Morgan fingerprint density at radius 3 is 2.35 bits per heavy atom. The molecule has 0 aliphatic rings. The number of hydrogen-bond acceptors (Lipinski definition) is 3. The van der Waals surface area contributed by atoms with Crippen LogP contribution in [0.15, 0.2) is 41.3 Å². The molecular formula is C15H18N2O2S. The summed E-state index contributed by atoms with van der Waals surface area (Å²) in [5.74, 6) is 0. The van der Waals surface area contributed by atoms with E-state index in [-0.39, 0.29) is 10.6 Å². The first-order chi connectivity index (χ1) is 9.31. The van der Waals surface area contributed by atoms with Gasteiger partial charge in [0.1, 0.15) is 4.90 Å². The van der Waals surface area contributed by atoms with Crippen LogP contribution in [0.25, 0.3) is 0 Å². The van der Waals surface area contributed by atoms with Crippen LogP contribution in [0.1, 0.15) is 16.7 Å². The molecule has 0 radical (unpaired) electrons. The predicted octanol–water partition coefficient (Wildman–Crippen LogP) is 2.99. The van der Waals surface area contributed by atoms with Crippen molar-refractivity contribution in [1.29, 1.82) is 0 Å². The van der Waals surface area contributed by atoms with Gasteiger partial charge in [-0.05, 0) is 49.6 Å². The summed E-state index contributed by atoms with van der Waals surface area (Å²) in [6.07, 6.45) is 0. The second kappa shape index (κ2) is 5.17. The van der Waals surface area contributed by atoms with Crippen molar-refractivity contribution in [2.75, 3.05) is 10.5 Å². The van der Waals surface area contributed by atoms with Crippen LogP contribution >= 0.6 is 0 Å². The number of rotatable bonds is 3. The second-order valence-electron chi connectivity index (χ2n) is 4.92. The highest BCUT2D eigenvalue weighted by molar-refractivity contribution is 7.93. The predicted molar refractivity (Wildman–Crippen MR) is 82.3 cm³/mol. The standard InChI is InChI=1S/C15H18N2O2S/c1-10-7-8-11(2)14(9-10)17-20(18,19)15-12(3)5-4-6-13(15)16/h4-9,17H,16H2,1-3H3. The van der Waals surface area contributed by atoms with Gasteiger partial charge in [0.05, 0.1) is 11.4 Å². The van der Waals surface area contributed by atoms with Gasteiger partial charge in [-0.2, -0.15) is 0 Å². The van der Waals surface area contributed by atoms with E-state index in [9.17, 15) is 8.42 Å². The number of nitrogen functional groups attached to an aromatic ring is 1. The van der Waals surface area contributed by atoms with Crippen molar-refractivity contribution in [2.45, 2.75) is 25.7 Å². The van der Waals surface area contributed by atoms with Gasteiger partial charge in [0, 0.05) is 0 Å². The van der Waals surface area contributed by atoms with Crippen LogP contribution in [-0.2, 0) is 10.0 Å². The zero-order valence-electron chi connectivity index (χ0n) is 11.8. The minimum atomic E-state index is -3.69. The molecule has 0 bridgehead atoms. The van der Waals surface area contributed by atoms with E-state index in [0.717, 1.165) is 11.1 Å². The molecule has 2 aromatic rings. The molecule has 0 atom stereocenters. The van der Waals surface area contributed by atoms with E-state index in [4.69, 9.17) is 5.73 Å². The van der Waals surface area contributed by atoms with Crippen LogP contribution in [0.4, 0.5) is 11.4 Å². The van der Waals surface area contributed by atoms with Crippen molar-refractivity contribution >= 4 is 21.4 Å². The van der Waals surface area contributed by atoms with Crippen LogP contribution in [0.5, 0.6) is 0 Å². The lowest BCUT2D eigenvalue weighted by Gasteiger charge is -2.14. The quantitative estimate of drug-likeness (QED) is 0.854. The molecule has 0 aliphatic heterocycles. The summed E-state index contributed by atoms with van der Waals surface area (Å²) in [7, 11) is -3.69. The summed E-state index contributed by atoms with van der Waals surface area (Å²) in [5, 5.41) is 0. The van der Waals surface area contributed by atoms with E-state index in [1.54, 1.807) is 31.2 Å². The molecule has 2 rings (SSSR count). The Morgan fingerprint density at radius 2 is 1.70 bits per heavy atom. The summed E-state index contributed by atoms with van der Waals surface area (Å²) < 4.78 is 27.6. The summed E-state index contributed by atoms with van der Waals surface area (Å²) in [5.41, 5.74) is 9.13. The largest absolute Gasteiger partial charge is 0.398 e. The third-order valence-corrected chi connectivity index (χ3v) is 4.73.